The lowest BCUT2D eigenvalue weighted by Crippen LogP contribution is -1.99. The molecular formula is C8H4ClF2IN2. The van der Waals surface area contributed by atoms with Crippen molar-refractivity contribution in [1.82, 2.24) is 4.98 Å². The maximum absolute atomic E-state index is 12.3. The van der Waals surface area contributed by atoms with Crippen LogP contribution in [0.2, 0.25) is 5.02 Å². The highest BCUT2D eigenvalue weighted by Gasteiger charge is 2.14. The third-order valence-electron chi connectivity index (χ3n) is 1.47. The highest BCUT2D eigenvalue weighted by Crippen LogP contribution is 2.26. The summed E-state index contributed by atoms with van der Waals surface area (Å²) in [6.45, 7) is 0. The minimum absolute atomic E-state index is 0.0153. The van der Waals surface area contributed by atoms with Crippen LogP contribution in [0.5, 0.6) is 0 Å². The van der Waals surface area contributed by atoms with Gasteiger partial charge in [-0.25, -0.2) is 13.8 Å². The summed E-state index contributed by atoms with van der Waals surface area (Å²) in [7, 11) is 0. The van der Waals surface area contributed by atoms with Crippen LogP contribution in [0.15, 0.2) is 6.07 Å². The van der Waals surface area contributed by atoms with Crippen molar-refractivity contribution in [3.05, 3.63) is 26.0 Å². The van der Waals surface area contributed by atoms with Crippen LogP contribution in [-0.2, 0) is 6.42 Å². The van der Waals surface area contributed by atoms with Gasteiger partial charge in [-0.1, -0.05) is 11.6 Å². The van der Waals surface area contributed by atoms with Gasteiger partial charge in [-0.05, 0) is 28.7 Å². The van der Waals surface area contributed by atoms with Crippen molar-refractivity contribution in [3.63, 3.8) is 0 Å². The van der Waals surface area contributed by atoms with Crippen LogP contribution in [0.3, 0.4) is 0 Å². The predicted molar refractivity (Wildman–Crippen MR) is 56.2 cm³/mol. The number of nitriles is 1. The average molecular weight is 328 g/mol. The van der Waals surface area contributed by atoms with Gasteiger partial charge in [-0.2, -0.15) is 5.26 Å². The first-order valence-corrected chi connectivity index (χ1v) is 5.02. The fraction of sp³-hybridized carbons (Fsp3) is 0.250. The second-order valence-electron chi connectivity index (χ2n) is 2.43. The summed E-state index contributed by atoms with van der Waals surface area (Å²) in [6, 6.07) is 2.97. The highest BCUT2D eigenvalue weighted by molar-refractivity contribution is 14.1. The van der Waals surface area contributed by atoms with Crippen molar-refractivity contribution < 1.29 is 8.78 Å². The minimum atomic E-state index is -2.66. The molecule has 14 heavy (non-hydrogen) atoms. The van der Waals surface area contributed by atoms with Crippen molar-refractivity contribution in [2.24, 2.45) is 0 Å². The normalized spacial score (nSPS) is 10.3. The molecular weight excluding hydrogens is 324 g/mol. The summed E-state index contributed by atoms with van der Waals surface area (Å²) in [5, 5.41) is 8.65. The zero-order valence-corrected chi connectivity index (χ0v) is 9.68. The van der Waals surface area contributed by atoms with Crippen molar-refractivity contribution in [2.45, 2.75) is 12.8 Å². The number of nitrogens with zero attached hydrogens (tertiary/aromatic N) is 2. The molecule has 0 radical (unpaired) electrons. The quantitative estimate of drug-likeness (QED) is 0.781. The van der Waals surface area contributed by atoms with E-state index in [2.05, 4.69) is 4.98 Å². The molecule has 0 aliphatic heterocycles. The summed E-state index contributed by atoms with van der Waals surface area (Å²) in [6.07, 6.45) is -2.68. The van der Waals surface area contributed by atoms with E-state index in [-0.39, 0.29) is 17.1 Å². The first-order chi connectivity index (χ1) is 6.56. The lowest BCUT2D eigenvalue weighted by molar-refractivity contribution is 0.146. The number of hydrogen-bond acceptors (Lipinski definition) is 2. The van der Waals surface area contributed by atoms with Gasteiger partial charge in [0.25, 0.3) is 6.43 Å². The predicted octanol–water partition coefficient (Wildman–Crippen LogP) is 3.34. The second kappa shape index (κ2) is 4.84. The fourth-order valence-electron chi connectivity index (χ4n) is 0.872. The Hall–Kier alpha value is -0.480. The second-order valence-corrected chi connectivity index (χ2v) is 3.91. The summed E-state index contributed by atoms with van der Waals surface area (Å²) < 4.78 is 25.1. The summed E-state index contributed by atoms with van der Waals surface area (Å²) in [4.78, 5) is 3.66. The van der Waals surface area contributed by atoms with Gasteiger partial charge in [-0.15, -0.1) is 0 Å². The standard InChI is InChI=1S/C8H4ClF2IN2/c9-4-3-6(8(10)11)14-5(1-2-13)7(4)12/h3,8H,1H2. The molecule has 0 unspecified atom stereocenters. The van der Waals surface area contributed by atoms with Crippen LogP contribution in [0.4, 0.5) is 8.78 Å². The molecule has 0 atom stereocenters. The molecule has 0 bridgehead atoms. The maximum atomic E-state index is 12.3. The SMILES string of the molecule is N#CCc1nc(C(F)F)cc(Cl)c1I. The third-order valence-corrected chi connectivity index (χ3v) is 3.29. The Morgan fingerprint density at radius 2 is 2.29 bits per heavy atom. The molecule has 0 spiro atoms. The molecule has 0 aliphatic carbocycles. The molecule has 0 N–H and O–H groups in total. The molecule has 1 aromatic rings. The maximum Gasteiger partial charge on any atom is 0.280 e. The fourth-order valence-corrected chi connectivity index (χ4v) is 1.56. The molecule has 0 aliphatic rings. The van der Waals surface area contributed by atoms with Crippen LogP contribution < -0.4 is 0 Å². The van der Waals surface area contributed by atoms with Gasteiger partial charge >= 0.3 is 0 Å². The highest BCUT2D eigenvalue weighted by atomic mass is 127. The molecule has 0 fully saturated rings. The van der Waals surface area contributed by atoms with Crippen LogP contribution in [-0.4, -0.2) is 4.98 Å². The van der Waals surface area contributed by atoms with Gasteiger partial charge < -0.3 is 0 Å². The summed E-state index contributed by atoms with van der Waals surface area (Å²) >= 11 is 7.59. The van der Waals surface area contributed by atoms with Crippen molar-refractivity contribution >= 4 is 34.2 Å². The van der Waals surface area contributed by atoms with Gasteiger partial charge in [0.05, 0.1) is 26.8 Å². The molecule has 0 amide bonds. The third kappa shape index (κ3) is 2.51. The monoisotopic (exact) mass is 328 g/mol. The van der Waals surface area contributed by atoms with E-state index in [4.69, 9.17) is 16.9 Å². The Morgan fingerprint density at radius 1 is 1.64 bits per heavy atom. The first-order valence-electron chi connectivity index (χ1n) is 3.56. The van der Waals surface area contributed by atoms with Crippen molar-refractivity contribution in [1.29, 1.82) is 5.26 Å². The Labute approximate surface area is 98.0 Å². The van der Waals surface area contributed by atoms with Gasteiger partial charge in [0.15, 0.2) is 0 Å². The molecule has 1 rings (SSSR count). The number of pyridine rings is 1. The van der Waals surface area contributed by atoms with Crippen molar-refractivity contribution in [2.75, 3.05) is 0 Å². The Morgan fingerprint density at radius 3 is 2.79 bits per heavy atom. The Kier molecular flexibility index (Phi) is 4.01. The van der Waals surface area contributed by atoms with E-state index in [1.807, 2.05) is 28.7 Å². The molecule has 6 heteroatoms. The molecule has 0 saturated heterocycles. The number of rotatable bonds is 2. The van der Waals surface area contributed by atoms with E-state index in [0.29, 0.717) is 9.26 Å². The molecule has 0 aromatic carbocycles. The smallest absolute Gasteiger partial charge is 0.250 e. The average Bonchev–Trinajstić information content (AvgIpc) is 2.12. The Bertz CT molecular complexity index is 390. The number of alkyl halides is 2. The van der Waals surface area contributed by atoms with Gasteiger partial charge in [0.2, 0.25) is 0 Å². The molecule has 2 nitrogen and oxygen atoms in total. The Balaban J connectivity index is 3.22. The van der Waals surface area contributed by atoms with Crippen LogP contribution in [0.1, 0.15) is 17.8 Å². The summed E-state index contributed by atoms with van der Waals surface area (Å²) in [5.41, 5.74) is -0.0865. The zero-order valence-electron chi connectivity index (χ0n) is 6.77. The van der Waals surface area contributed by atoms with Crippen LogP contribution >= 0.6 is 34.2 Å². The van der Waals surface area contributed by atoms with Gasteiger partial charge in [0, 0.05) is 0 Å². The lowest BCUT2D eigenvalue weighted by Gasteiger charge is -2.05. The van der Waals surface area contributed by atoms with Gasteiger partial charge in [-0.3, -0.25) is 0 Å². The lowest BCUT2D eigenvalue weighted by atomic mass is 10.2. The first kappa shape index (κ1) is 11.6. The largest absolute Gasteiger partial charge is 0.280 e. The molecule has 1 heterocycles. The molecule has 0 saturated carbocycles. The molecule has 74 valence electrons. The van der Waals surface area contributed by atoms with E-state index in [1.165, 1.54) is 0 Å². The number of hydrogen-bond donors (Lipinski definition) is 0. The summed E-state index contributed by atoms with van der Waals surface area (Å²) in [5.74, 6) is 0. The van der Waals surface area contributed by atoms with Crippen LogP contribution in [0, 0.1) is 14.9 Å². The zero-order chi connectivity index (χ0) is 10.7. The van der Waals surface area contributed by atoms with E-state index < -0.39 is 6.43 Å². The minimum Gasteiger partial charge on any atom is -0.250 e. The number of aromatic nitrogens is 1. The van der Waals surface area contributed by atoms with Crippen molar-refractivity contribution in [3.8, 4) is 6.07 Å². The van der Waals surface area contributed by atoms with E-state index in [9.17, 15) is 8.78 Å². The van der Waals surface area contributed by atoms with E-state index in [1.54, 1.807) is 0 Å². The van der Waals surface area contributed by atoms with Crippen LogP contribution in [0.25, 0.3) is 0 Å². The van der Waals surface area contributed by atoms with Gasteiger partial charge in [0.1, 0.15) is 5.69 Å². The number of halogens is 4. The molecule has 1 aromatic heterocycles. The van der Waals surface area contributed by atoms with E-state index >= 15 is 0 Å². The topological polar surface area (TPSA) is 36.7 Å². The van der Waals surface area contributed by atoms with E-state index in [0.717, 1.165) is 6.07 Å².